The maximum absolute atomic E-state index is 14.3. The van der Waals surface area contributed by atoms with Crippen molar-refractivity contribution in [3.63, 3.8) is 0 Å². The first-order valence-corrected chi connectivity index (χ1v) is 10.4. The van der Waals surface area contributed by atoms with Gasteiger partial charge in [-0.15, -0.1) is 5.10 Å². The molecule has 2 heterocycles. The monoisotopic (exact) mass is 415 g/mol. The van der Waals surface area contributed by atoms with Crippen LogP contribution in [0.15, 0.2) is 24.3 Å². The number of fused-ring (bicyclic) bond motifs is 1. The lowest BCUT2D eigenvalue weighted by molar-refractivity contribution is -0.146. The first-order valence-electron chi connectivity index (χ1n) is 10.4. The number of carbonyl (C=O) groups excluding carboxylic acids is 1. The van der Waals surface area contributed by atoms with Crippen molar-refractivity contribution >= 4 is 5.91 Å². The third kappa shape index (κ3) is 2.78. The van der Waals surface area contributed by atoms with Gasteiger partial charge in [0.1, 0.15) is 11.6 Å². The summed E-state index contributed by atoms with van der Waals surface area (Å²) in [7, 11) is 0. The zero-order valence-electron chi connectivity index (χ0n) is 17.8. The number of hydrogen-bond donors (Lipinski definition) is 0. The Bertz CT molecular complexity index is 968. The van der Waals surface area contributed by atoms with Crippen molar-refractivity contribution in [3.8, 4) is 11.3 Å². The molecule has 0 spiro atoms. The molecule has 5 nitrogen and oxygen atoms in total. The molecule has 1 fully saturated rings. The maximum atomic E-state index is 14.3. The second-order valence-corrected chi connectivity index (χ2v) is 8.74. The average Bonchev–Trinajstić information content (AvgIpc) is 2.91. The van der Waals surface area contributed by atoms with Crippen molar-refractivity contribution in [3.05, 3.63) is 47.2 Å². The third-order valence-corrected chi connectivity index (χ3v) is 7.29. The van der Waals surface area contributed by atoms with Crippen LogP contribution < -0.4 is 0 Å². The molecule has 1 aliphatic heterocycles. The second kappa shape index (κ2) is 7.38. The average molecular weight is 415 g/mol. The molecule has 2 atom stereocenters. The first kappa shape index (κ1) is 20.8. The highest BCUT2D eigenvalue weighted by Gasteiger charge is 2.62. The minimum atomic E-state index is -0.849. The lowest BCUT2D eigenvalue weighted by Gasteiger charge is -2.45. The standard InChI is InChI=1S/C23H27F2N3O2/c1-5-23(21(29)28-9-11-30-12-10-28)20-15(14(2)22(23,3)4)13-18(26-27-20)19-16(24)7-6-8-17(19)25/h6-8,13-14H,5,9-12H2,1-4H3/t14-,23?/m1/s1. The molecule has 7 heteroatoms. The summed E-state index contributed by atoms with van der Waals surface area (Å²) in [5.74, 6) is -1.37. The van der Waals surface area contributed by atoms with E-state index >= 15 is 0 Å². The Hall–Kier alpha value is -2.41. The predicted octanol–water partition coefficient (Wildman–Crippen LogP) is 4.07. The molecule has 30 heavy (non-hydrogen) atoms. The van der Waals surface area contributed by atoms with Gasteiger partial charge in [0.05, 0.1) is 35.6 Å². The fourth-order valence-electron chi connectivity index (χ4n) is 5.18. The van der Waals surface area contributed by atoms with Crippen LogP contribution in [0.1, 0.15) is 51.3 Å². The molecule has 1 aromatic heterocycles. The summed E-state index contributed by atoms with van der Waals surface area (Å²) < 4.78 is 34.1. The Kier molecular flexibility index (Phi) is 5.12. The van der Waals surface area contributed by atoms with E-state index in [1.54, 1.807) is 6.07 Å². The Labute approximate surface area is 175 Å². The van der Waals surface area contributed by atoms with Crippen LogP contribution in [-0.4, -0.2) is 47.3 Å². The van der Waals surface area contributed by atoms with Crippen molar-refractivity contribution in [2.45, 2.75) is 45.4 Å². The van der Waals surface area contributed by atoms with Gasteiger partial charge >= 0.3 is 0 Å². The van der Waals surface area contributed by atoms with E-state index in [1.807, 2.05) is 18.7 Å². The largest absolute Gasteiger partial charge is 0.378 e. The normalized spacial score (nSPS) is 25.3. The Morgan fingerprint density at radius 3 is 2.43 bits per heavy atom. The smallest absolute Gasteiger partial charge is 0.235 e. The number of halogens is 2. The van der Waals surface area contributed by atoms with Gasteiger partial charge in [0.25, 0.3) is 0 Å². The molecule has 1 amide bonds. The van der Waals surface area contributed by atoms with Crippen LogP contribution in [-0.2, 0) is 14.9 Å². The van der Waals surface area contributed by atoms with Crippen LogP contribution in [0.3, 0.4) is 0 Å². The molecule has 1 aromatic carbocycles. The number of rotatable bonds is 3. The van der Waals surface area contributed by atoms with Crippen molar-refractivity contribution in [1.82, 2.24) is 15.1 Å². The van der Waals surface area contributed by atoms with Crippen molar-refractivity contribution < 1.29 is 18.3 Å². The Morgan fingerprint density at radius 2 is 1.83 bits per heavy atom. The van der Waals surface area contributed by atoms with Gasteiger partial charge in [0.2, 0.25) is 5.91 Å². The fourth-order valence-corrected chi connectivity index (χ4v) is 5.18. The van der Waals surface area contributed by atoms with E-state index in [2.05, 4.69) is 24.0 Å². The number of hydrogen-bond acceptors (Lipinski definition) is 4. The van der Waals surface area contributed by atoms with E-state index in [0.717, 1.165) is 5.56 Å². The summed E-state index contributed by atoms with van der Waals surface area (Å²) in [6.45, 7) is 10.3. The second-order valence-electron chi connectivity index (χ2n) is 8.74. The van der Waals surface area contributed by atoms with Crippen molar-refractivity contribution in [1.29, 1.82) is 0 Å². The third-order valence-electron chi connectivity index (χ3n) is 7.29. The number of amides is 1. The van der Waals surface area contributed by atoms with Crippen molar-refractivity contribution in [2.24, 2.45) is 5.41 Å². The number of morpholine rings is 1. The van der Waals surface area contributed by atoms with E-state index < -0.39 is 22.5 Å². The van der Waals surface area contributed by atoms with E-state index in [9.17, 15) is 13.6 Å². The molecule has 0 N–H and O–H groups in total. The van der Waals surface area contributed by atoms with Gasteiger partial charge in [-0.05, 0) is 41.5 Å². The van der Waals surface area contributed by atoms with Crippen LogP contribution in [0.25, 0.3) is 11.3 Å². The van der Waals surface area contributed by atoms with Gasteiger partial charge < -0.3 is 9.64 Å². The van der Waals surface area contributed by atoms with Crippen LogP contribution in [0.2, 0.25) is 0 Å². The van der Waals surface area contributed by atoms with E-state index in [4.69, 9.17) is 4.74 Å². The van der Waals surface area contributed by atoms with Crippen LogP contribution >= 0.6 is 0 Å². The minimum Gasteiger partial charge on any atom is -0.378 e. The molecule has 2 aromatic rings. The molecule has 1 saturated heterocycles. The van der Waals surface area contributed by atoms with Crippen LogP contribution in [0, 0.1) is 17.0 Å². The summed E-state index contributed by atoms with van der Waals surface area (Å²) in [5, 5.41) is 8.63. The summed E-state index contributed by atoms with van der Waals surface area (Å²) in [5.41, 5.74) is 0.124. The Morgan fingerprint density at radius 1 is 1.20 bits per heavy atom. The molecule has 160 valence electrons. The van der Waals surface area contributed by atoms with E-state index in [1.165, 1.54) is 18.2 Å². The molecule has 1 aliphatic carbocycles. The summed E-state index contributed by atoms with van der Waals surface area (Å²) >= 11 is 0. The summed E-state index contributed by atoms with van der Waals surface area (Å²) in [6.07, 6.45) is 0.565. The fraction of sp³-hybridized carbons (Fsp3) is 0.522. The number of ether oxygens (including phenoxy) is 1. The molecular formula is C23H27F2N3O2. The van der Waals surface area contributed by atoms with E-state index in [-0.39, 0.29) is 23.1 Å². The Balaban J connectivity index is 1.87. The zero-order valence-corrected chi connectivity index (χ0v) is 17.8. The van der Waals surface area contributed by atoms with Gasteiger partial charge in [0, 0.05) is 13.1 Å². The lowest BCUT2D eigenvalue weighted by Crippen LogP contribution is -2.56. The highest BCUT2D eigenvalue weighted by atomic mass is 19.1. The zero-order chi connectivity index (χ0) is 21.7. The summed E-state index contributed by atoms with van der Waals surface area (Å²) in [4.78, 5) is 15.7. The maximum Gasteiger partial charge on any atom is 0.235 e. The number of aromatic nitrogens is 2. The molecule has 0 radical (unpaired) electrons. The highest BCUT2D eigenvalue weighted by Crippen LogP contribution is 2.60. The molecular weight excluding hydrogens is 388 g/mol. The van der Waals surface area contributed by atoms with E-state index in [0.29, 0.717) is 38.4 Å². The number of carbonyl (C=O) groups is 1. The minimum absolute atomic E-state index is 0.0306. The molecule has 4 rings (SSSR count). The quantitative estimate of drug-likeness (QED) is 0.758. The van der Waals surface area contributed by atoms with Gasteiger partial charge in [-0.2, -0.15) is 5.10 Å². The molecule has 0 saturated carbocycles. The number of nitrogens with zero attached hydrogens (tertiary/aromatic N) is 3. The van der Waals surface area contributed by atoms with Crippen molar-refractivity contribution in [2.75, 3.05) is 26.3 Å². The predicted molar refractivity (Wildman–Crippen MR) is 109 cm³/mol. The molecule has 0 bridgehead atoms. The molecule has 1 unspecified atom stereocenters. The molecule has 2 aliphatic rings. The summed E-state index contributed by atoms with van der Waals surface area (Å²) in [6, 6.07) is 5.45. The van der Waals surface area contributed by atoms with Gasteiger partial charge in [-0.25, -0.2) is 8.78 Å². The SMILES string of the molecule is CCC1(C(=O)N2CCOCC2)c2nnc(-c3c(F)cccc3F)cc2[C@@H](C)C1(C)C. The van der Waals surface area contributed by atoms with Gasteiger partial charge in [-0.1, -0.05) is 33.8 Å². The van der Waals surface area contributed by atoms with Gasteiger partial charge in [0.15, 0.2) is 0 Å². The van der Waals surface area contributed by atoms with Crippen LogP contribution in [0.5, 0.6) is 0 Å². The lowest BCUT2D eigenvalue weighted by atomic mass is 9.61. The first-order chi connectivity index (χ1) is 14.3. The van der Waals surface area contributed by atoms with Crippen LogP contribution in [0.4, 0.5) is 8.78 Å². The topological polar surface area (TPSA) is 55.3 Å². The number of benzene rings is 1. The highest BCUT2D eigenvalue weighted by molar-refractivity contribution is 5.91. The van der Waals surface area contributed by atoms with Gasteiger partial charge in [-0.3, -0.25) is 4.79 Å².